The number of amides is 1. The fourth-order valence-electron chi connectivity index (χ4n) is 3.51. The van der Waals surface area contributed by atoms with Gasteiger partial charge in [-0.15, -0.1) is 12.4 Å². The van der Waals surface area contributed by atoms with Crippen molar-refractivity contribution in [2.45, 2.75) is 70.3 Å². The second-order valence-electron chi connectivity index (χ2n) is 6.45. The molecule has 0 aromatic heterocycles. The molecule has 2 aliphatic carbocycles. The first kappa shape index (κ1) is 16.8. The maximum atomic E-state index is 12.2. The van der Waals surface area contributed by atoms with Crippen LogP contribution in [0.15, 0.2) is 0 Å². The second kappa shape index (κ2) is 7.49. The number of carbonyl (C=O) groups is 1. The van der Waals surface area contributed by atoms with Crippen LogP contribution >= 0.6 is 12.4 Å². The van der Waals surface area contributed by atoms with Crippen LogP contribution in [0, 0.1) is 11.8 Å². The molecule has 0 bridgehead atoms. The summed E-state index contributed by atoms with van der Waals surface area (Å²) in [6.07, 6.45) is 10.4. The highest BCUT2D eigenvalue weighted by Crippen LogP contribution is 2.30. The number of rotatable bonds is 3. The lowest BCUT2D eigenvalue weighted by atomic mass is 9.79. The minimum Gasteiger partial charge on any atom is -0.354 e. The maximum Gasteiger partial charge on any atom is 0.240 e. The molecule has 0 aromatic rings. The van der Waals surface area contributed by atoms with E-state index >= 15 is 0 Å². The zero-order valence-electron chi connectivity index (χ0n) is 12.1. The van der Waals surface area contributed by atoms with E-state index in [-0.39, 0.29) is 18.3 Å². The smallest absolute Gasteiger partial charge is 0.240 e. The zero-order chi connectivity index (χ0) is 13.0. The Morgan fingerprint density at radius 2 is 1.79 bits per heavy atom. The van der Waals surface area contributed by atoms with E-state index in [1.54, 1.807) is 0 Å². The number of hydrogen-bond donors (Lipinski definition) is 2. The Bertz CT molecular complexity index is 290. The number of carbonyl (C=O) groups excluding carboxylic acids is 1. The van der Waals surface area contributed by atoms with E-state index in [0.717, 1.165) is 38.1 Å². The molecule has 2 fully saturated rings. The fraction of sp³-hybridized carbons (Fsp3) is 0.933. The molecule has 2 aliphatic rings. The molecule has 0 radical (unpaired) electrons. The first-order chi connectivity index (χ1) is 8.62. The van der Waals surface area contributed by atoms with Gasteiger partial charge in [0.05, 0.1) is 5.54 Å². The second-order valence-corrected chi connectivity index (χ2v) is 6.45. The van der Waals surface area contributed by atoms with Gasteiger partial charge in [0.2, 0.25) is 5.91 Å². The third-order valence-electron chi connectivity index (χ3n) is 5.01. The lowest BCUT2D eigenvalue weighted by Gasteiger charge is -2.34. The Hall–Kier alpha value is -0.280. The highest BCUT2D eigenvalue weighted by Gasteiger charge is 2.35. The maximum absolute atomic E-state index is 12.2. The number of nitrogens with two attached hydrogens (primary N) is 1. The quantitative estimate of drug-likeness (QED) is 0.839. The van der Waals surface area contributed by atoms with Gasteiger partial charge in [-0.1, -0.05) is 45.4 Å². The average molecular weight is 289 g/mol. The zero-order valence-corrected chi connectivity index (χ0v) is 12.9. The van der Waals surface area contributed by atoms with Gasteiger partial charge in [0.15, 0.2) is 0 Å². The fourth-order valence-corrected chi connectivity index (χ4v) is 3.51. The highest BCUT2D eigenvalue weighted by molar-refractivity contribution is 5.86. The molecule has 4 heteroatoms. The number of hydrogen-bond acceptors (Lipinski definition) is 2. The lowest BCUT2D eigenvalue weighted by Crippen LogP contribution is -2.55. The van der Waals surface area contributed by atoms with Crippen molar-refractivity contribution in [2.75, 3.05) is 6.54 Å². The molecule has 3 nitrogen and oxygen atoms in total. The van der Waals surface area contributed by atoms with Crippen LogP contribution < -0.4 is 11.1 Å². The van der Waals surface area contributed by atoms with E-state index in [0.29, 0.717) is 5.92 Å². The summed E-state index contributed by atoms with van der Waals surface area (Å²) in [7, 11) is 0. The normalized spacial score (nSPS) is 30.2. The number of nitrogens with one attached hydrogen (secondary N) is 1. The molecule has 0 aliphatic heterocycles. The van der Waals surface area contributed by atoms with Gasteiger partial charge in [-0.25, -0.2) is 0 Å². The monoisotopic (exact) mass is 288 g/mol. The Kier molecular flexibility index (Phi) is 6.61. The summed E-state index contributed by atoms with van der Waals surface area (Å²) in [5.41, 5.74) is 5.67. The standard InChI is InChI=1S/C15H28N2O.ClH/c1-12-7-3-4-8-13(12)11-17-14(18)15(16)9-5-2-6-10-15;/h12-13H,2-11,16H2,1H3,(H,17,18);1H. The predicted molar refractivity (Wildman–Crippen MR) is 81.4 cm³/mol. The number of halogens is 1. The molecule has 112 valence electrons. The minimum absolute atomic E-state index is 0. The molecule has 2 atom stereocenters. The molecule has 3 N–H and O–H groups in total. The lowest BCUT2D eigenvalue weighted by molar-refractivity contribution is -0.127. The van der Waals surface area contributed by atoms with E-state index in [2.05, 4.69) is 12.2 Å². The van der Waals surface area contributed by atoms with Crippen LogP contribution in [0.1, 0.15) is 64.7 Å². The Morgan fingerprint density at radius 3 is 2.42 bits per heavy atom. The Labute approximate surface area is 123 Å². The van der Waals surface area contributed by atoms with Crippen LogP contribution in [0.25, 0.3) is 0 Å². The Morgan fingerprint density at radius 1 is 1.16 bits per heavy atom. The van der Waals surface area contributed by atoms with E-state index in [9.17, 15) is 4.79 Å². The summed E-state index contributed by atoms with van der Waals surface area (Å²) in [6.45, 7) is 3.15. The van der Waals surface area contributed by atoms with E-state index < -0.39 is 5.54 Å². The van der Waals surface area contributed by atoms with Crippen molar-refractivity contribution in [2.24, 2.45) is 17.6 Å². The first-order valence-electron chi connectivity index (χ1n) is 7.69. The van der Waals surface area contributed by atoms with Crippen LogP contribution in [0.4, 0.5) is 0 Å². The molecule has 19 heavy (non-hydrogen) atoms. The van der Waals surface area contributed by atoms with Gasteiger partial charge >= 0.3 is 0 Å². The predicted octanol–water partition coefficient (Wildman–Crippen LogP) is 3.01. The Balaban J connectivity index is 0.00000180. The van der Waals surface area contributed by atoms with Gasteiger partial charge in [0.25, 0.3) is 0 Å². The molecule has 2 unspecified atom stereocenters. The molecular weight excluding hydrogens is 260 g/mol. The summed E-state index contributed by atoms with van der Waals surface area (Å²) < 4.78 is 0. The molecule has 0 spiro atoms. The van der Waals surface area contributed by atoms with Gasteiger partial charge < -0.3 is 11.1 Å². The molecule has 0 saturated heterocycles. The third-order valence-corrected chi connectivity index (χ3v) is 5.01. The molecule has 2 rings (SSSR count). The average Bonchev–Trinajstić information content (AvgIpc) is 2.38. The van der Waals surface area contributed by atoms with Crippen LogP contribution in [-0.4, -0.2) is 18.0 Å². The van der Waals surface area contributed by atoms with E-state index in [1.807, 2.05) is 0 Å². The van der Waals surface area contributed by atoms with Gasteiger partial charge in [-0.05, 0) is 31.1 Å². The van der Waals surface area contributed by atoms with Crippen molar-refractivity contribution in [3.8, 4) is 0 Å². The summed E-state index contributed by atoms with van der Waals surface area (Å²) in [6, 6.07) is 0. The minimum atomic E-state index is -0.573. The SMILES string of the molecule is CC1CCCCC1CNC(=O)C1(N)CCCCC1.Cl. The van der Waals surface area contributed by atoms with Gasteiger partial charge in [0.1, 0.15) is 0 Å². The summed E-state index contributed by atoms with van der Waals surface area (Å²) in [4.78, 5) is 12.2. The van der Waals surface area contributed by atoms with Crippen molar-refractivity contribution in [1.29, 1.82) is 0 Å². The van der Waals surface area contributed by atoms with Gasteiger partial charge in [0, 0.05) is 6.54 Å². The molecule has 0 aromatic carbocycles. The van der Waals surface area contributed by atoms with Crippen molar-refractivity contribution < 1.29 is 4.79 Å². The van der Waals surface area contributed by atoms with E-state index in [4.69, 9.17) is 5.73 Å². The van der Waals surface area contributed by atoms with Gasteiger partial charge in [-0.3, -0.25) is 4.79 Å². The molecule has 0 heterocycles. The van der Waals surface area contributed by atoms with Crippen LogP contribution in [0.5, 0.6) is 0 Å². The van der Waals surface area contributed by atoms with Crippen molar-refractivity contribution >= 4 is 18.3 Å². The van der Waals surface area contributed by atoms with Crippen LogP contribution in [0.2, 0.25) is 0 Å². The molecule has 1 amide bonds. The third kappa shape index (κ3) is 4.35. The summed E-state index contributed by atoms with van der Waals surface area (Å²) >= 11 is 0. The van der Waals surface area contributed by atoms with Crippen molar-refractivity contribution in [3.05, 3.63) is 0 Å². The van der Waals surface area contributed by atoms with Crippen molar-refractivity contribution in [3.63, 3.8) is 0 Å². The summed E-state index contributed by atoms with van der Waals surface area (Å²) in [5, 5.41) is 3.13. The topological polar surface area (TPSA) is 55.1 Å². The first-order valence-corrected chi connectivity index (χ1v) is 7.69. The van der Waals surface area contributed by atoms with Crippen LogP contribution in [-0.2, 0) is 4.79 Å². The largest absolute Gasteiger partial charge is 0.354 e. The van der Waals surface area contributed by atoms with Gasteiger partial charge in [-0.2, -0.15) is 0 Å². The summed E-state index contributed by atoms with van der Waals surface area (Å²) in [5.74, 6) is 1.51. The van der Waals surface area contributed by atoms with Crippen LogP contribution in [0.3, 0.4) is 0 Å². The highest BCUT2D eigenvalue weighted by atomic mass is 35.5. The molecular formula is C15H29ClN2O. The van der Waals surface area contributed by atoms with E-state index in [1.165, 1.54) is 32.1 Å². The van der Waals surface area contributed by atoms with Crippen molar-refractivity contribution in [1.82, 2.24) is 5.32 Å². The molecule has 2 saturated carbocycles.